The fourth-order valence-corrected chi connectivity index (χ4v) is 2.03. The van der Waals surface area contributed by atoms with Crippen molar-refractivity contribution in [1.29, 1.82) is 0 Å². The maximum Gasteiger partial charge on any atom is 0.253 e. The highest BCUT2D eigenvalue weighted by molar-refractivity contribution is 5.95. The summed E-state index contributed by atoms with van der Waals surface area (Å²) in [6.07, 6.45) is 0. The molecule has 2 rings (SSSR count). The summed E-state index contributed by atoms with van der Waals surface area (Å²) in [5.74, 6) is -0.0690. The molecule has 1 amide bonds. The van der Waals surface area contributed by atoms with Gasteiger partial charge in [0.15, 0.2) is 0 Å². The number of aromatic nitrogens is 1. The molecule has 1 N–H and O–H groups in total. The molecule has 3 nitrogen and oxygen atoms in total. The lowest BCUT2D eigenvalue weighted by Crippen LogP contribution is -2.30. The quantitative estimate of drug-likeness (QED) is 0.925. The van der Waals surface area contributed by atoms with Gasteiger partial charge in [0.2, 0.25) is 0 Å². The molecule has 104 valence electrons. The van der Waals surface area contributed by atoms with E-state index in [0.29, 0.717) is 5.56 Å². The number of carbonyl (C=O) groups is 1. The van der Waals surface area contributed by atoms with Crippen LogP contribution in [0, 0.1) is 13.8 Å². The fourth-order valence-electron chi connectivity index (χ4n) is 2.03. The van der Waals surface area contributed by atoms with Crippen LogP contribution < -0.4 is 5.32 Å². The third-order valence-corrected chi connectivity index (χ3v) is 3.10. The largest absolute Gasteiger partial charge is 0.350 e. The second kappa shape index (κ2) is 5.87. The first-order valence-electron chi connectivity index (χ1n) is 6.83. The summed E-state index contributed by atoms with van der Waals surface area (Å²) < 4.78 is 0. The van der Waals surface area contributed by atoms with Crippen molar-refractivity contribution in [2.24, 2.45) is 0 Å². The average molecular weight is 268 g/mol. The Bertz CT molecular complexity index is 615. The van der Waals surface area contributed by atoms with Gasteiger partial charge in [-0.05, 0) is 39.8 Å². The van der Waals surface area contributed by atoms with Crippen LogP contribution in [0.2, 0.25) is 0 Å². The van der Waals surface area contributed by atoms with Crippen molar-refractivity contribution in [3.63, 3.8) is 0 Å². The SMILES string of the molecule is Cc1ccc(-c2ccc(C(=O)NC(C)C)c(C)n2)cc1. The van der Waals surface area contributed by atoms with E-state index in [4.69, 9.17) is 0 Å². The van der Waals surface area contributed by atoms with Gasteiger partial charge in [0.25, 0.3) is 5.91 Å². The average Bonchev–Trinajstić information content (AvgIpc) is 2.38. The van der Waals surface area contributed by atoms with Crippen LogP contribution in [0.1, 0.15) is 35.5 Å². The van der Waals surface area contributed by atoms with Crippen molar-refractivity contribution in [2.45, 2.75) is 33.7 Å². The van der Waals surface area contributed by atoms with Gasteiger partial charge in [-0.25, -0.2) is 0 Å². The standard InChI is InChI=1S/C17H20N2O/c1-11(2)18-17(20)15-9-10-16(19-13(15)4)14-7-5-12(3)6-8-14/h5-11H,1-4H3,(H,18,20). The zero-order valence-corrected chi connectivity index (χ0v) is 12.4. The number of aryl methyl sites for hydroxylation is 2. The molecular weight excluding hydrogens is 248 g/mol. The number of benzene rings is 1. The molecule has 0 fully saturated rings. The van der Waals surface area contributed by atoms with Gasteiger partial charge in [-0.15, -0.1) is 0 Å². The molecule has 0 bridgehead atoms. The van der Waals surface area contributed by atoms with Gasteiger partial charge in [0, 0.05) is 11.6 Å². The number of nitrogens with zero attached hydrogens (tertiary/aromatic N) is 1. The van der Waals surface area contributed by atoms with Gasteiger partial charge < -0.3 is 5.32 Å². The molecule has 1 heterocycles. The van der Waals surface area contributed by atoms with Crippen LogP contribution in [0.5, 0.6) is 0 Å². The highest BCUT2D eigenvalue weighted by atomic mass is 16.1. The van der Waals surface area contributed by atoms with E-state index in [-0.39, 0.29) is 11.9 Å². The summed E-state index contributed by atoms with van der Waals surface area (Å²) in [6.45, 7) is 7.82. The predicted octanol–water partition coefficient (Wildman–Crippen LogP) is 3.50. The van der Waals surface area contributed by atoms with Crippen LogP contribution in [0.4, 0.5) is 0 Å². The van der Waals surface area contributed by atoms with Crippen LogP contribution >= 0.6 is 0 Å². The van der Waals surface area contributed by atoms with Gasteiger partial charge in [-0.2, -0.15) is 0 Å². The molecule has 0 unspecified atom stereocenters. The Morgan fingerprint density at radius 3 is 2.25 bits per heavy atom. The molecule has 2 aromatic rings. The number of rotatable bonds is 3. The molecular formula is C17H20N2O. The monoisotopic (exact) mass is 268 g/mol. The molecule has 1 aromatic carbocycles. The van der Waals surface area contributed by atoms with E-state index >= 15 is 0 Å². The zero-order valence-electron chi connectivity index (χ0n) is 12.4. The van der Waals surface area contributed by atoms with Crippen LogP contribution in [0.15, 0.2) is 36.4 Å². The van der Waals surface area contributed by atoms with E-state index in [9.17, 15) is 4.79 Å². The highest BCUT2D eigenvalue weighted by Crippen LogP contribution is 2.19. The zero-order chi connectivity index (χ0) is 14.7. The molecule has 0 aliphatic carbocycles. The summed E-state index contributed by atoms with van der Waals surface area (Å²) in [7, 11) is 0. The van der Waals surface area contributed by atoms with E-state index in [1.165, 1.54) is 5.56 Å². The van der Waals surface area contributed by atoms with Gasteiger partial charge in [0.05, 0.1) is 17.0 Å². The molecule has 0 saturated carbocycles. The second-order valence-electron chi connectivity index (χ2n) is 5.32. The fraction of sp³-hybridized carbons (Fsp3) is 0.294. The van der Waals surface area contributed by atoms with E-state index in [2.05, 4.69) is 29.4 Å². The van der Waals surface area contributed by atoms with Crippen molar-refractivity contribution in [3.05, 3.63) is 53.2 Å². The van der Waals surface area contributed by atoms with Gasteiger partial charge in [0.1, 0.15) is 0 Å². The maximum atomic E-state index is 12.0. The number of hydrogen-bond donors (Lipinski definition) is 1. The molecule has 20 heavy (non-hydrogen) atoms. The third kappa shape index (κ3) is 3.23. The van der Waals surface area contributed by atoms with Crippen LogP contribution in [0.25, 0.3) is 11.3 Å². The summed E-state index contributed by atoms with van der Waals surface area (Å²) in [5.41, 5.74) is 4.56. The minimum atomic E-state index is -0.0690. The lowest BCUT2D eigenvalue weighted by Gasteiger charge is -2.11. The Balaban J connectivity index is 2.30. The Kier molecular flexibility index (Phi) is 4.18. The molecule has 0 spiro atoms. The van der Waals surface area contributed by atoms with Crippen molar-refractivity contribution in [3.8, 4) is 11.3 Å². The first-order valence-corrected chi connectivity index (χ1v) is 6.83. The van der Waals surface area contributed by atoms with Gasteiger partial charge in [-0.3, -0.25) is 9.78 Å². The van der Waals surface area contributed by atoms with Gasteiger partial charge >= 0.3 is 0 Å². The molecule has 0 atom stereocenters. The number of amides is 1. The van der Waals surface area contributed by atoms with Crippen LogP contribution in [0.3, 0.4) is 0 Å². The van der Waals surface area contributed by atoms with E-state index in [1.807, 2.05) is 45.0 Å². The summed E-state index contributed by atoms with van der Waals surface area (Å²) in [4.78, 5) is 16.6. The van der Waals surface area contributed by atoms with Gasteiger partial charge in [-0.1, -0.05) is 29.8 Å². The Morgan fingerprint density at radius 2 is 1.70 bits per heavy atom. The maximum absolute atomic E-state index is 12.0. The van der Waals surface area contributed by atoms with Crippen molar-refractivity contribution < 1.29 is 4.79 Å². The van der Waals surface area contributed by atoms with E-state index in [0.717, 1.165) is 17.0 Å². The Hall–Kier alpha value is -2.16. The minimum Gasteiger partial charge on any atom is -0.350 e. The highest BCUT2D eigenvalue weighted by Gasteiger charge is 2.12. The van der Waals surface area contributed by atoms with Crippen LogP contribution in [-0.4, -0.2) is 16.9 Å². The number of pyridine rings is 1. The number of hydrogen-bond acceptors (Lipinski definition) is 2. The van der Waals surface area contributed by atoms with E-state index in [1.54, 1.807) is 0 Å². The first-order chi connectivity index (χ1) is 9.47. The normalized spacial score (nSPS) is 10.7. The number of nitrogens with one attached hydrogen (secondary N) is 1. The van der Waals surface area contributed by atoms with Crippen LogP contribution in [-0.2, 0) is 0 Å². The summed E-state index contributed by atoms with van der Waals surface area (Å²) >= 11 is 0. The summed E-state index contributed by atoms with van der Waals surface area (Å²) in [6, 6.07) is 12.1. The lowest BCUT2D eigenvalue weighted by atomic mass is 10.1. The Labute approximate surface area is 120 Å². The van der Waals surface area contributed by atoms with Crippen molar-refractivity contribution >= 4 is 5.91 Å². The third-order valence-electron chi connectivity index (χ3n) is 3.10. The molecule has 1 aromatic heterocycles. The number of carbonyl (C=O) groups excluding carboxylic acids is 1. The van der Waals surface area contributed by atoms with E-state index < -0.39 is 0 Å². The van der Waals surface area contributed by atoms with Crippen molar-refractivity contribution in [2.75, 3.05) is 0 Å². The molecule has 3 heteroatoms. The topological polar surface area (TPSA) is 42.0 Å². The molecule has 0 aliphatic heterocycles. The first kappa shape index (κ1) is 14.3. The predicted molar refractivity (Wildman–Crippen MR) is 81.7 cm³/mol. The molecule has 0 radical (unpaired) electrons. The molecule has 0 saturated heterocycles. The smallest absolute Gasteiger partial charge is 0.253 e. The van der Waals surface area contributed by atoms with Crippen molar-refractivity contribution in [1.82, 2.24) is 10.3 Å². The lowest BCUT2D eigenvalue weighted by molar-refractivity contribution is 0.0942. The Morgan fingerprint density at radius 1 is 1.05 bits per heavy atom. The minimum absolute atomic E-state index is 0.0690. The molecule has 0 aliphatic rings. The second-order valence-corrected chi connectivity index (χ2v) is 5.32. The summed E-state index contributed by atoms with van der Waals surface area (Å²) in [5, 5.41) is 2.89.